The molecule has 2 aromatic carbocycles. The maximum Gasteiger partial charge on any atom is 0.242 e. The Bertz CT molecular complexity index is 883. The fourth-order valence-corrected chi connectivity index (χ4v) is 4.43. The summed E-state index contributed by atoms with van der Waals surface area (Å²) >= 11 is 7.70. The highest BCUT2D eigenvalue weighted by Gasteiger charge is 2.26. The van der Waals surface area contributed by atoms with Crippen LogP contribution in [0, 0.1) is 13.8 Å². The Hall–Kier alpha value is -1.98. The number of nitrogens with one attached hydrogen (secondary N) is 1. The van der Waals surface area contributed by atoms with Gasteiger partial charge in [-0.25, -0.2) is 0 Å². The molecule has 0 aromatic heterocycles. The van der Waals surface area contributed by atoms with Crippen LogP contribution >= 0.6 is 23.4 Å². The Morgan fingerprint density at radius 1 is 1.06 bits per heavy atom. The summed E-state index contributed by atoms with van der Waals surface area (Å²) in [6.07, 6.45) is 0.840. The molecule has 0 heterocycles. The van der Waals surface area contributed by atoms with Crippen molar-refractivity contribution in [3.05, 3.63) is 69.7 Å². The van der Waals surface area contributed by atoms with Crippen LogP contribution in [0.3, 0.4) is 0 Å². The second-order valence-corrected chi connectivity index (χ2v) is 9.56. The van der Waals surface area contributed by atoms with Crippen molar-refractivity contribution >= 4 is 35.2 Å². The molecule has 168 valence electrons. The van der Waals surface area contributed by atoms with Crippen molar-refractivity contribution < 1.29 is 9.59 Å². The Balaban J connectivity index is 2.09. The van der Waals surface area contributed by atoms with E-state index in [2.05, 4.69) is 37.4 Å². The topological polar surface area (TPSA) is 49.4 Å². The summed E-state index contributed by atoms with van der Waals surface area (Å²) in [7, 11) is 0. The molecule has 0 fully saturated rings. The molecule has 0 aliphatic rings. The van der Waals surface area contributed by atoms with Crippen molar-refractivity contribution in [3.63, 3.8) is 0 Å². The monoisotopic (exact) mass is 460 g/mol. The molecule has 0 saturated heterocycles. The molecule has 0 spiro atoms. The van der Waals surface area contributed by atoms with Gasteiger partial charge in [0.25, 0.3) is 0 Å². The largest absolute Gasteiger partial charge is 0.352 e. The van der Waals surface area contributed by atoms with Gasteiger partial charge in [-0.3, -0.25) is 9.59 Å². The first-order valence-electron chi connectivity index (χ1n) is 10.7. The van der Waals surface area contributed by atoms with Gasteiger partial charge in [-0.15, -0.1) is 11.8 Å². The van der Waals surface area contributed by atoms with Gasteiger partial charge in [0, 0.05) is 23.4 Å². The third kappa shape index (κ3) is 8.23. The van der Waals surface area contributed by atoms with Gasteiger partial charge < -0.3 is 10.2 Å². The molecule has 0 saturated carbocycles. The Morgan fingerprint density at radius 3 is 2.35 bits per heavy atom. The fourth-order valence-electron chi connectivity index (χ4n) is 3.37. The lowest BCUT2D eigenvalue weighted by atomic mass is 10.1. The van der Waals surface area contributed by atoms with E-state index in [-0.39, 0.29) is 17.9 Å². The number of amides is 2. The summed E-state index contributed by atoms with van der Waals surface area (Å²) < 4.78 is 0. The summed E-state index contributed by atoms with van der Waals surface area (Å²) in [5.41, 5.74) is 4.56. The highest BCUT2D eigenvalue weighted by molar-refractivity contribution is 7.99. The lowest BCUT2D eigenvalue weighted by Gasteiger charge is -2.29. The van der Waals surface area contributed by atoms with Crippen LogP contribution in [0.25, 0.3) is 0 Å². The molecule has 2 amide bonds. The first kappa shape index (κ1) is 25.3. The van der Waals surface area contributed by atoms with Gasteiger partial charge in [-0.2, -0.15) is 0 Å². The lowest BCUT2D eigenvalue weighted by molar-refractivity contribution is -0.138. The molecule has 0 aliphatic heterocycles. The number of thioether (sulfide) groups is 1. The standard InChI is InChI=1S/C25H33ClN2O2S/c1-6-19(4)27-25(30)20(5)28(14-21-8-7-9-23(26)13-21)24(29)16-31-15-22-11-17(2)10-18(3)12-22/h7-13,19-20H,6,14-16H2,1-5H3,(H,27,30)/t19-,20-/m0/s1. The van der Waals surface area contributed by atoms with Crippen molar-refractivity contribution in [2.75, 3.05) is 5.75 Å². The maximum atomic E-state index is 13.1. The predicted octanol–water partition coefficient (Wildman–Crippen LogP) is 5.52. The van der Waals surface area contributed by atoms with Crippen molar-refractivity contribution in [2.24, 2.45) is 0 Å². The Labute approximate surface area is 195 Å². The molecular formula is C25H33ClN2O2S. The van der Waals surface area contributed by atoms with Crippen LogP contribution in [-0.2, 0) is 21.9 Å². The number of hydrogen-bond donors (Lipinski definition) is 1. The Morgan fingerprint density at radius 2 is 1.74 bits per heavy atom. The number of aryl methyl sites for hydroxylation is 2. The van der Waals surface area contributed by atoms with E-state index < -0.39 is 6.04 Å². The minimum atomic E-state index is -0.567. The van der Waals surface area contributed by atoms with E-state index in [1.165, 1.54) is 16.7 Å². The Kier molecular flexibility index (Phi) is 9.92. The number of halogens is 1. The molecule has 4 nitrogen and oxygen atoms in total. The van der Waals surface area contributed by atoms with Gasteiger partial charge in [-0.1, -0.05) is 60.0 Å². The number of carbonyl (C=O) groups excluding carboxylic acids is 2. The molecule has 2 rings (SSSR count). The van der Waals surface area contributed by atoms with Crippen LogP contribution in [0.15, 0.2) is 42.5 Å². The molecule has 0 radical (unpaired) electrons. The van der Waals surface area contributed by atoms with Crippen LogP contribution < -0.4 is 5.32 Å². The van der Waals surface area contributed by atoms with E-state index in [1.807, 2.05) is 32.0 Å². The van der Waals surface area contributed by atoms with Crippen molar-refractivity contribution in [3.8, 4) is 0 Å². The zero-order chi connectivity index (χ0) is 23.0. The summed E-state index contributed by atoms with van der Waals surface area (Å²) in [6, 6.07) is 13.4. The molecule has 0 aliphatic carbocycles. The number of carbonyl (C=O) groups is 2. The number of nitrogens with zero attached hydrogens (tertiary/aromatic N) is 1. The normalized spacial score (nSPS) is 12.8. The van der Waals surface area contributed by atoms with Crippen LogP contribution in [0.2, 0.25) is 5.02 Å². The third-order valence-corrected chi connectivity index (χ3v) is 6.41. The van der Waals surface area contributed by atoms with Crippen LogP contribution in [0.5, 0.6) is 0 Å². The summed E-state index contributed by atoms with van der Waals surface area (Å²) in [6.45, 7) is 10.3. The molecule has 0 bridgehead atoms. The average Bonchev–Trinajstić information content (AvgIpc) is 2.70. The van der Waals surface area contributed by atoms with E-state index in [1.54, 1.807) is 29.7 Å². The number of hydrogen-bond acceptors (Lipinski definition) is 3. The van der Waals surface area contributed by atoms with Crippen LogP contribution in [-0.4, -0.2) is 34.6 Å². The van der Waals surface area contributed by atoms with E-state index in [9.17, 15) is 9.59 Å². The smallest absolute Gasteiger partial charge is 0.242 e. The quantitative estimate of drug-likeness (QED) is 0.507. The van der Waals surface area contributed by atoms with Gasteiger partial charge >= 0.3 is 0 Å². The van der Waals surface area contributed by atoms with Crippen molar-refractivity contribution in [1.29, 1.82) is 0 Å². The van der Waals surface area contributed by atoms with E-state index in [0.29, 0.717) is 17.3 Å². The molecule has 31 heavy (non-hydrogen) atoms. The van der Waals surface area contributed by atoms with Gasteiger partial charge in [0.15, 0.2) is 0 Å². The maximum absolute atomic E-state index is 13.1. The highest BCUT2D eigenvalue weighted by atomic mass is 35.5. The zero-order valence-electron chi connectivity index (χ0n) is 19.1. The summed E-state index contributed by atoms with van der Waals surface area (Å²) in [5, 5.41) is 3.61. The third-order valence-electron chi connectivity index (χ3n) is 5.19. The molecular weight excluding hydrogens is 428 g/mol. The molecule has 1 N–H and O–H groups in total. The SMILES string of the molecule is CC[C@H](C)NC(=O)[C@H](C)N(Cc1cccc(Cl)c1)C(=O)CSCc1cc(C)cc(C)c1. The fraction of sp³-hybridized carbons (Fsp3) is 0.440. The van der Waals surface area contributed by atoms with E-state index >= 15 is 0 Å². The minimum Gasteiger partial charge on any atom is -0.352 e. The molecule has 2 aromatic rings. The van der Waals surface area contributed by atoms with Gasteiger partial charge in [0.1, 0.15) is 6.04 Å². The molecule has 2 atom stereocenters. The second-order valence-electron chi connectivity index (χ2n) is 8.13. The first-order valence-corrected chi connectivity index (χ1v) is 12.2. The highest BCUT2D eigenvalue weighted by Crippen LogP contribution is 2.19. The lowest BCUT2D eigenvalue weighted by Crippen LogP contribution is -2.50. The summed E-state index contributed by atoms with van der Waals surface area (Å²) in [5.74, 6) is 0.881. The van der Waals surface area contributed by atoms with Crippen molar-refractivity contribution in [1.82, 2.24) is 10.2 Å². The summed E-state index contributed by atoms with van der Waals surface area (Å²) in [4.78, 5) is 27.5. The van der Waals surface area contributed by atoms with Crippen LogP contribution in [0.4, 0.5) is 0 Å². The van der Waals surface area contributed by atoms with E-state index in [0.717, 1.165) is 17.7 Å². The van der Waals surface area contributed by atoms with Gasteiger partial charge in [-0.05, 0) is 57.4 Å². The number of benzene rings is 2. The molecule has 6 heteroatoms. The van der Waals surface area contributed by atoms with Crippen LogP contribution in [0.1, 0.15) is 49.4 Å². The first-order chi connectivity index (χ1) is 14.7. The predicted molar refractivity (Wildman–Crippen MR) is 131 cm³/mol. The second kappa shape index (κ2) is 12.2. The van der Waals surface area contributed by atoms with Gasteiger partial charge in [0.2, 0.25) is 11.8 Å². The van der Waals surface area contributed by atoms with Gasteiger partial charge in [0.05, 0.1) is 5.75 Å². The van der Waals surface area contributed by atoms with Crippen molar-refractivity contribution in [2.45, 2.75) is 65.4 Å². The van der Waals surface area contributed by atoms with E-state index in [4.69, 9.17) is 11.6 Å². The molecule has 0 unspecified atom stereocenters. The zero-order valence-corrected chi connectivity index (χ0v) is 20.6. The number of rotatable bonds is 10. The average molecular weight is 461 g/mol. The minimum absolute atomic E-state index is 0.0545.